The average Bonchev–Trinajstić information content (AvgIpc) is 2.84. The number of hydrogen-bond donors (Lipinski definition) is 0. The Labute approximate surface area is 486 Å². The number of aryl methyl sites for hydroxylation is 1. The maximum Gasteiger partial charge on any atom is 0.409 e. The van der Waals surface area contributed by atoms with Crippen LogP contribution in [0.1, 0.15) is 55.1 Å². The first kappa shape index (κ1) is 66.8. The molecule has 0 amide bonds. The van der Waals surface area contributed by atoms with Gasteiger partial charge in [0.2, 0.25) is 5.69 Å². The van der Waals surface area contributed by atoms with Crippen molar-refractivity contribution in [3.8, 4) is 0 Å². The third-order valence-electron chi connectivity index (χ3n) is 12.2. The number of ether oxygens (including phenoxy) is 3. The molecule has 7 aromatic rings. The Balaban J connectivity index is 0.000000208. The summed E-state index contributed by atoms with van der Waals surface area (Å²) in [7, 11) is 0. The fourth-order valence-electron chi connectivity index (χ4n) is 8.48. The Morgan fingerprint density at radius 3 is 1.14 bits per heavy atom. The lowest BCUT2D eigenvalue weighted by Gasteiger charge is -2.28. The summed E-state index contributed by atoms with van der Waals surface area (Å²) in [6.07, 6.45) is -13.7. The number of carbonyl (C=O) groups is 3. The van der Waals surface area contributed by atoms with E-state index in [0.717, 1.165) is 37.1 Å². The Bertz CT molecular complexity index is 3000. The number of esters is 3. The van der Waals surface area contributed by atoms with Gasteiger partial charge in [-0.25, -0.2) is 10.1 Å². The molecule has 0 bridgehead atoms. The molecule has 0 spiro atoms. The SMILES string of the molecule is CC(=O)OC/C=C\C(F)(F)F.CC(=O)OC[C@@H]1ON(c2ccccc2)[C@@H](c2ccccc2)[C@H]1C(F)(F)F.CC(=O)OC[C@H]1ON(c2ccccc2)[C@@H](c2ccccc2)[C@@H]1C(F)(F)F.Cc1ccccc1.[O-]/[N+](=C/c1ccccc1)c1ccccc1. The quantitative estimate of drug-likeness (QED) is 0.0169. The number of hydroxylamine groups is 2. The molecular weight excluding hydrogens is 1130 g/mol. The smallest absolute Gasteiger partial charge is 0.409 e. The van der Waals surface area contributed by atoms with Crippen LogP contribution in [-0.2, 0) is 38.3 Å². The summed E-state index contributed by atoms with van der Waals surface area (Å²) in [5, 5.41) is 14.2. The number of carbonyl (C=O) groups excluding carboxylic acids is 3. The minimum absolute atomic E-state index is 0.0238. The molecule has 0 N–H and O–H groups in total. The average molecular weight is 1190 g/mol. The Hall–Kier alpha value is -8.95. The van der Waals surface area contributed by atoms with E-state index < -0.39 is 85.8 Å². The molecule has 12 nitrogen and oxygen atoms in total. The third-order valence-corrected chi connectivity index (χ3v) is 12.2. The molecule has 0 unspecified atom stereocenters. The fraction of sp³-hybridized carbons (Fsp3) is 0.250. The van der Waals surface area contributed by atoms with Gasteiger partial charge in [0, 0.05) is 44.5 Å². The molecule has 6 atom stereocenters. The molecule has 9 rings (SSSR count). The number of halogens is 9. The number of hydrogen-bond acceptors (Lipinski definition) is 11. The van der Waals surface area contributed by atoms with Crippen molar-refractivity contribution in [3.63, 3.8) is 0 Å². The van der Waals surface area contributed by atoms with Crippen LogP contribution in [0.2, 0.25) is 0 Å². The molecule has 2 saturated heterocycles. The van der Waals surface area contributed by atoms with Gasteiger partial charge in [0.05, 0.1) is 23.5 Å². The number of anilines is 2. The summed E-state index contributed by atoms with van der Waals surface area (Å²) in [6.45, 7) is 4.25. The molecule has 2 aliphatic rings. The highest BCUT2D eigenvalue weighted by Crippen LogP contribution is 2.51. The van der Waals surface area contributed by atoms with Crippen LogP contribution < -0.4 is 10.1 Å². The minimum Gasteiger partial charge on any atom is -0.618 e. The van der Waals surface area contributed by atoms with Crippen molar-refractivity contribution in [1.82, 2.24) is 0 Å². The second kappa shape index (κ2) is 32.8. The lowest BCUT2D eigenvalue weighted by atomic mass is 9.89. The van der Waals surface area contributed by atoms with E-state index in [4.69, 9.17) is 19.1 Å². The zero-order valence-corrected chi connectivity index (χ0v) is 46.4. The first-order valence-electron chi connectivity index (χ1n) is 26.3. The van der Waals surface area contributed by atoms with Crippen molar-refractivity contribution in [1.29, 1.82) is 0 Å². The van der Waals surface area contributed by atoms with E-state index in [9.17, 15) is 59.1 Å². The molecule has 2 heterocycles. The second-order valence-corrected chi connectivity index (χ2v) is 18.7. The number of allylic oxidation sites excluding steroid dienone is 1. The number of rotatable bonds is 12. The van der Waals surface area contributed by atoms with Crippen LogP contribution in [0.3, 0.4) is 0 Å². The van der Waals surface area contributed by atoms with Crippen molar-refractivity contribution < 1.29 is 82.5 Å². The van der Waals surface area contributed by atoms with Crippen molar-refractivity contribution in [2.24, 2.45) is 11.8 Å². The van der Waals surface area contributed by atoms with Gasteiger partial charge in [-0.15, -0.1) is 0 Å². The van der Waals surface area contributed by atoms with Gasteiger partial charge in [0.15, 0.2) is 6.21 Å². The van der Waals surface area contributed by atoms with Gasteiger partial charge in [-0.05, 0) is 60.5 Å². The molecule has 21 heteroatoms. The van der Waals surface area contributed by atoms with E-state index in [1.165, 1.54) is 15.7 Å². The van der Waals surface area contributed by atoms with E-state index in [-0.39, 0.29) is 12.7 Å². The van der Waals surface area contributed by atoms with Crippen molar-refractivity contribution >= 4 is 41.2 Å². The molecule has 0 aliphatic carbocycles. The zero-order valence-electron chi connectivity index (χ0n) is 46.4. The topological polar surface area (TPSA) is 130 Å². The van der Waals surface area contributed by atoms with Gasteiger partial charge in [-0.3, -0.25) is 24.1 Å². The van der Waals surface area contributed by atoms with Crippen molar-refractivity contribution in [2.45, 2.75) is 70.5 Å². The number of nitrogens with zero attached hydrogens (tertiary/aromatic N) is 3. The Kier molecular flexibility index (Phi) is 25.8. The van der Waals surface area contributed by atoms with Gasteiger partial charge in [0.25, 0.3) is 0 Å². The number of para-hydroxylation sites is 3. The van der Waals surface area contributed by atoms with Crippen LogP contribution in [0.25, 0.3) is 0 Å². The van der Waals surface area contributed by atoms with Crippen LogP contribution in [0.4, 0.5) is 56.6 Å². The highest BCUT2D eigenvalue weighted by atomic mass is 19.4. The molecule has 0 saturated carbocycles. The molecule has 7 aromatic carbocycles. The number of alkyl halides is 9. The van der Waals surface area contributed by atoms with Gasteiger partial charge in [-0.1, -0.05) is 169 Å². The van der Waals surface area contributed by atoms with E-state index in [1.807, 2.05) is 66.7 Å². The van der Waals surface area contributed by atoms with Gasteiger partial charge in [0.1, 0.15) is 43.9 Å². The van der Waals surface area contributed by atoms with Crippen LogP contribution in [0.15, 0.2) is 224 Å². The maximum absolute atomic E-state index is 13.9. The van der Waals surface area contributed by atoms with Crippen LogP contribution in [0, 0.1) is 24.0 Å². The maximum atomic E-state index is 13.9. The standard InChI is InChI=1S/2C19H18F3NO3.C13H11NO.C7H8.C6H7F3O2/c2*1-13(24)25-12-16-17(19(20,21)22)18(14-8-4-2-5-9-14)23(26-16)15-10-6-3-7-11-15;15-14(13-9-5-2-6-10-13)11-12-7-3-1-4-8-12;1-7-5-3-2-4-6-7;1-5(10)11-4-2-3-6(7,8)9/h2*2-11,16-18H,12H2,1H3;1-11H;2-6H,1H3;2-3H,4H2,1H3/b;;14-11+;;3-2-/t16-,17-,18+;16-,17-,18-;;;/m10.../s1. The van der Waals surface area contributed by atoms with Crippen LogP contribution >= 0.6 is 0 Å². The zero-order chi connectivity index (χ0) is 62.0. The molecule has 85 heavy (non-hydrogen) atoms. The molecule has 0 radical (unpaired) electrons. The van der Waals surface area contributed by atoms with E-state index >= 15 is 0 Å². The summed E-state index contributed by atoms with van der Waals surface area (Å²) in [5.74, 6) is -5.58. The highest BCUT2D eigenvalue weighted by Gasteiger charge is 2.59. The lowest BCUT2D eigenvalue weighted by molar-refractivity contribution is -0.354. The molecular formula is C64H62F9N3O9. The number of benzene rings is 7. The molecule has 2 fully saturated rings. The first-order chi connectivity index (χ1) is 40.4. The molecule has 0 aromatic heterocycles. The van der Waals surface area contributed by atoms with Crippen molar-refractivity contribution in [2.75, 3.05) is 29.9 Å². The summed E-state index contributed by atoms with van der Waals surface area (Å²) in [5.41, 5.74) is 4.81. The van der Waals surface area contributed by atoms with Gasteiger partial charge in [-0.2, -0.15) is 44.3 Å². The normalized spacial score (nSPS) is 18.4. The monoisotopic (exact) mass is 1190 g/mol. The van der Waals surface area contributed by atoms with Crippen molar-refractivity contribution in [3.05, 3.63) is 252 Å². The molecule has 2 aliphatic heterocycles. The van der Waals surface area contributed by atoms with Gasteiger partial charge < -0.3 is 19.4 Å². The minimum atomic E-state index is -4.53. The highest BCUT2D eigenvalue weighted by molar-refractivity contribution is 5.76. The van der Waals surface area contributed by atoms with Gasteiger partial charge >= 0.3 is 36.4 Å². The predicted molar refractivity (Wildman–Crippen MR) is 303 cm³/mol. The fourth-order valence-corrected chi connectivity index (χ4v) is 8.48. The third kappa shape index (κ3) is 22.6. The first-order valence-corrected chi connectivity index (χ1v) is 26.3. The van der Waals surface area contributed by atoms with Crippen LogP contribution in [0.5, 0.6) is 0 Å². The Morgan fingerprint density at radius 2 is 0.824 bits per heavy atom. The summed E-state index contributed by atoms with van der Waals surface area (Å²) >= 11 is 0. The summed E-state index contributed by atoms with van der Waals surface area (Å²) < 4.78 is 132. The largest absolute Gasteiger partial charge is 0.618 e. The Morgan fingerprint density at radius 1 is 0.494 bits per heavy atom. The van der Waals surface area contributed by atoms with E-state index in [2.05, 4.69) is 23.8 Å². The van der Waals surface area contributed by atoms with Crippen LogP contribution in [-0.4, -0.2) is 79.4 Å². The second-order valence-electron chi connectivity index (χ2n) is 18.7. The molecule has 450 valence electrons. The summed E-state index contributed by atoms with van der Waals surface area (Å²) in [4.78, 5) is 43.5. The predicted octanol–water partition coefficient (Wildman–Crippen LogP) is 15.2. The lowest BCUT2D eigenvalue weighted by Crippen LogP contribution is -2.37. The van der Waals surface area contributed by atoms with E-state index in [1.54, 1.807) is 140 Å². The van der Waals surface area contributed by atoms with E-state index in [0.29, 0.717) is 28.2 Å². The summed E-state index contributed by atoms with van der Waals surface area (Å²) in [6, 6.07) is 60.7.